The summed E-state index contributed by atoms with van der Waals surface area (Å²) in [6.07, 6.45) is -24.4. The molecule has 0 aromatic carbocycles. The van der Waals surface area contributed by atoms with Crippen molar-refractivity contribution in [3.63, 3.8) is 0 Å². The average molecular weight is 1190 g/mol. The lowest BCUT2D eigenvalue weighted by molar-refractivity contribution is -0.369. The van der Waals surface area contributed by atoms with E-state index in [-0.39, 0.29) is 36.8 Å². The van der Waals surface area contributed by atoms with E-state index in [0.717, 1.165) is 6.92 Å². The van der Waals surface area contributed by atoms with Gasteiger partial charge in [0, 0.05) is 71.1 Å². The van der Waals surface area contributed by atoms with E-state index >= 15 is 0 Å². The fourth-order valence-corrected chi connectivity index (χ4v) is 11.6. The first-order chi connectivity index (χ1) is 38.7. The molecule has 30 nitrogen and oxygen atoms in total. The molecule has 0 aromatic heterocycles. The topological polar surface area (TPSA) is 422 Å². The largest absolute Gasteiger partial charge is 0.510 e. The summed E-state index contributed by atoms with van der Waals surface area (Å²) >= 11 is 0. The molecule has 10 N–H and O–H groups in total. The first-order valence-electron chi connectivity index (χ1n) is 27.5. The third kappa shape index (κ3) is 15.4. The second kappa shape index (κ2) is 27.6. The highest BCUT2D eigenvalue weighted by Crippen LogP contribution is 2.42. The molecule has 10 unspecified atom stereocenters. The number of rotatable bonds is 19. The molecule has 0 spiro atoms. The van der Waals surface area contributed by atoms with Gasteiger partial charge in [0.2, 0.25) is 17.7 Å². The Bertz CT molecular complexity index is 2440. The van der Waals surface area contributed by atoms with Crippen molar-refractivity contribution < 1.29 is 120 Å². The zero-order valence-corrected chi connectivity index (χ0v) is 48.7. The van der Waals surface area contributed by atoms with Gasteiger partial charge in [-0.25, -0.2) is 4.79 Å². The number of nitrogens with one attached hydrogen (secondary N) is 3. The van der Waals surface area contributed by atoms with Crippen molar-refractivity contribution in [1.82, 2.24) is 16.0 Å². The highest BCUT2D eigenvalue weighted by molar-refractivity contribution is 6.02. The standard InChI is InChI=1S/C53H81N5O25/c1-18-19(2)40(74-28(11)62)50(76-32(18)16-71-27(10)61)72-17-33-38(23(6)35(57-26(9)60)49(77-33)81-42-43(83-52(55)69)53(13,70)44(45(54)66)82-47(42)68)79-48-34(56-25(8)59)22(5)37(24(7)73-48)78-51-41(75-29(12)63)21(4)20(3)39(80-51)46(67)58-36-30(64)14-15-31(36)65/h18-24,32-35,37-44,47-51,64,68,70H,14-17H2,1-13H3,(H2,54,66)(H2,55,69)(H,56,59)(H,57,60)(H,58,67)/t18-,19+,20-,21+,22-,23-,24?,32?,33?,34?,35?,37-,38-,39?,40?,41?,42?,43-,44?,47-,48+,49+,50-,51-,53+/m1/s1. The van der Waals surface area contributed by atoms with Crippen LogP contribution in [0.15, 0.2) is 11.5 Å². The van der Waals surface area contributed by atoms with Crippen molar-refractivity contribution in [3.05, 3.63) is 11.5 Å². The third-order valence-electron chi connectivity index (χ3n) is 16.3. The van der Waals surface area contributed by atoms with Crippen molar-refractivity contribution in [1.29, 1.82) is 0 Å². The first kappa shape index (κ1) is 66.5. The molecule has 5 heterocycles. The van der Waals surface area contributed by atoms with Gasteiger partial charge in [-0.15, -0.1) is 0 Å². The summed E-state index contributed by atoms with van der Waals surface area (Å²) in [4.78, 5) is 115. The number of nitrogens with two attached hydrogens (primary N) is 2. The molecule has 5 aliphatic heterocycles. The van der Waals surface area contributed by atoms with Gasteiger partial charge >= 0.3 is 24.0 Å². The minimum Gasteiger partial charge on any atom is -0.510 e. The average Bonchev–Trinajstić information content (AvgIpc) is 3.76. The maximum Gasteiger partial charge on any atom is 0.404 e. The van der Waals surface area contributed by atoms with E-state index in [9.17, 15) is 58.5 Å². The van der Waals surface area contributed by atoms with Gasteiger partial charge in [0.15, 0.2) is 67.8 Å². The molecule has 1 aliphatic carbocycles. The maximum absolute atomic E-state index is 13.8. The van der Waals surface area contributed by atoms with Gasteiger partial charge in [0.25, 0.3) is 5.91 Å². The van der Waals surface area contributed by atoms with Gasteiger partial charge in [-0.1, -0.05) is 41.5 Å². The van der Waals surface area contributed by atoms with E-state index in [0.29, 0.717) is 0 Å². The van der Waals surface area contributed by atoms with Crippen molar-refractivity contribution >= 4 is 53.4 Å². The second-order valence-corrected chi connectivity index (χ2v) is 22.5. The van der Waals surface area contributed by atoms with Crippen LogP contribution in [0.4, 0.5) is 4.79 Å². The summed E-state index contributed by atoms with van der Waals surface area (Å²) in [6, 6.07) is -2.43. The number of carbonyl (C=O) groups excluding carboxylic acids is 9. The number of ketones is 1. The number of carbonyl (C=O) groups is 9. The molecule has 5 amide bonds. The van der Waals surface area contributed by atoms with Crippen LogP contribution in [0.25, 0.3) is 0 Å². The van der Waals surface area contributed by atoms with Crippen LogP contribution in [0.2, 0.25) is 0 Å². The highest BCUT2D eigenvalue weighted by Gasteiger charge is 2.60. The Kier molecular flexibility index (Phi) is 22.1. The molecule has 5 saturated heterocycles. The minimum absolute atomic E-state index is 0.00113. The van der Waals surface area contributed by atoms with Gasteiger partial charge in [-0.2, -0.15) is 0 Å². The number of hydrogen-bond donors (Lipinski definition) is 8. The Labute approximate surface area is 479 Å². The van der Waals surface area contributed by atoms with E-state index in [1.807, 2.05) is 6.92 Å². The Morgan fingerprint density at radius 3 is 1.66 bits per heavy atom. The van der Waals surface area contributed by atoms with Gasteiger partial charge in [-0.05, 0) is 25.7 Å². The zero-order chi connectivity index (χ0) is 61.8. The lowest BCUT2D eigenvalue weighted by Gasteiger charge is -2.52. The number of esters is 3. The molecule has 6 rings (SSSR count). The molecular formula is C53H81N5O25. The van der Waals surface area contributed by atoms with Gasteiger partial charge in [0.1, 0.15) is 35.9 Å². The van der Waals surface area contributed by atoms with Crippen molar-refractivity contribution in [2.45, 2.75) is 219 Å². The number of allylic oxidation sites excluding steroid dienone is 2. The summed E-state index contributed by atoms with van der Waals surface area (Å²) in [6.45, 7) is 18.2. The fourth-order valence-electron chi connectivity index (χ4n) is 11.6. The molecule has 25 atom stereocenters. The molecule has 30 heteroatoms. The predicted molar refractivity (Wildman–Crippen MR) is 276 cm³/mol. The quantitative estimate of drug-likeness (QED) is 0.0568. The van der Waals surface area contributed by atoms with Crippen molar-refractivity contribution in [2.24, 2.45) is 47.0 Å². The molecule has 0 bridgehead atoms. The first-order valence-corrected chi connectivity index (χ1v) is 27.5. The molecule has 0 saturated carbocycles. The van der Waals surface area contributed by atoms with Gasteiger partial charge in [0.05, 0.1) is 43.1 Å². The normalized spacial score (nSPS) is 41.0. The number of primary amides is 2. The van der Waals surface area contributed by atoms with E-state index in [4.69, 9.17) is 73.0 Å². The van der Waals surface area contributed by atoms with E-state index in [1.54, 1.807) is 41.5 Å². The Hall–Kier alpha value is -5.67. The maximum atomic E-state index is 13.8. The number of Topliss-reactive ketones (excluding diaryl/α,β-unsaturated/α-hetero) is 1. The molecule has 468 valence electrons. The second-order valence-electron chi connectivity index (χ2n) is 22.5. The molecular weight excluding hydrogens is 1110 g/mol. The van der Waals surface area contributed by atoms with Gasteiger partial charge in [-0.3, -0.25) is 38.4 Å². The number of aliphatic hydroxyl groups is 3. The van der Waals surface area contributed by atoms with Crippen LogP contribution in [-0.4, -0.2) is 198 Å². The number of aliphatic hydroxyl groups excluding tert-OH is 2. The molecule has 83 heavy (non-hydrogen) atoms. The van der Waals surface area contributed by atoms with Crippen LogP contribution >= 0.6 is 0 Å². The lowest BCUT2D eigenvalue weighted by Crippen LogP contribution is -2.71. The number of hydrogen-bond acceptors (Lipinski definition) is 25. The van der Waals surface area contributed by atoms with Crippen LogP contribution in [0.5, 0.6) is 0 Å². The minimum atomic E-state index is -2.51. The Balaban J connectivity index is 1.37. The summed E-state index contributed by atoms with van der Waals surface area (Å²) < 4.78 is 79.7. The van der Waals surface area contributed by atoms with Crippen LogP contribution < -0.4 is 27.4 Å². The predicted octanol–water partition coefficient (Wildman–Crippen LogP) is -1.00. The lowest BCUT2D eigenvalue weighted by atomic mass is 9.82. The summed E-state index contributed by atoms with van der Waals surface area (Å²) in [5.41, 5.74) is 8.15. The Morgan fingerprint density at radius 1 is 0.602 bits per heavy atom. The van der Waals surface area contributed by atoms with E-state index in [1.165, 1.54) is 34.6 Å². The van der Waals surface area contributed by atoms with Crippen molar-refractivity contribution in [2.75, 3.05) is 13.2 Å². The third-order valence-corrected chi connectivity index (χ3v) is 16.3. The van der Waals surface area contributed by atoms with E-state index < -0.39 is 206 Å². The van der Waals surface area contributed by atoms with Crippen molar-refractivity contribution in [3.8, 4) is 0 Å². The van der Waals surface area contributed by atoms with Gasteiger partial charge < -0.3 is 104 Å². The van der Waals surface area contributed by atoms with Crippen LogP contribution in [0, 0.1) is 35.5 Å². The van der Waals surface area contributed by atoms with Crippen LogP contribution in [-0.2, 0) is 99.9 Å². The summed E-state index contributed by atoms with van der Waals surface area (Å²) in [5, 5.41) is 41.5. The summed E-state index contributed by atoms with van der Waals surface area (Å²) in [5.74, 6) is -9.78. The Morgan fingerprint density at radius 2 is 1.13 bits per heavy atom. The van der Waals surface area contributed by atoms with E-state index in [2.05, 4.69) is 16.0 Å². The number of ether oxygens (including phenoxy) is 13. The molecule has 5 fully saturated rings. The zero-order valence-electron chi connectivity index (χ0n) is 48.7. The molecule has 0 aromatic rings. The summed E-state index contributed by atoms with van der Waals surface area (Å²) in [7, 11) is 0. The van der Waals surface area contributed by atoms with Crippen LogP contribution in [0.1, 0.15) is 103 Å². The number of amides is 5. The fraction of sp³-hybridized carbons (Fsp3) is 0.792. The SMILES string of the molecule is CC(=O)NC1[C@H](O[C@H]2C(CO[C@@H]3OC(COC(C)=O)[C@H](C)[C@H](C)C3OC(C)=O)O[C@@H](OC3[C@H](O)OC(C(N)=O)[C@@](C)(O)[C@@H]3OC(N)=O)C(NC(C)=O)[C@H]2C)OC(C)[C@H](O[C@@H]2OC(C(=O)NC3=C(O)CCC3=O)[C@H](C)[C@H](C)C2OC(C)=O)[C@@H]1C. The van der Waals surface area contributed by atoms with Crippen LogP contribution in [0.3, 0.4) is 0 Å². The molecule has 6 aliphatic rings. The smallest absolute Gasteiger partial charge is 0.404 e. The highest BCUT2D eigenvalue weighted by atomic mass is 16.8. The molecule has 0 radical (unpaired) electrons. The monoisotopic (exact) mass is 1190 g/mol.